The maximum Gasteiger partial charge on any atom is 0.289 e. The Morgan fingerprint density at radius 3 is 2.66 bits per heavy atom. The molecular weight excluding hydrogens is 372 g/mol. The van der Waals surface area contributed by atoms with Crippen molar-refractivity contribution in [3.63, 3.8) is 0 Å². The number of likely N-dealkylation sites (tertiary alicyclic amines) is 1. The minimum Gasteiger partial charge on any atom is -0.385 e. The lowest BCUT2D eigenvalue weighted by Gasteiger charge is -2.39. The van der Waals surface area contributed by atoms with Gasteiger partial charge >= 0.3 is 0 Å². The molecule has 152 valence electrons. The molecule has 0 aromatic carbocycles. The van der Waals surface area contributed by atoms with Crippen LogP contribution in [0.2, 0.25) is 0 Å². The molecule has 0 aliphatic carbocycles. The molecule has 3 aromatic heterocycles. The zero-order chi connectivity index (χ0) is 20.3. The van der Waals surface area contributed by atoms with Crippen molar-refractivity contribution >= 4 is 5.91 Å². The number of piperidine rings is 1. The first-order valence-electron chi connectivity index (χ1n) is 9.63. The Hall–Kier alpha value is -3.07. The summed E-state index contributed by atoms with van der Waals surface area (Å²) in [5.74, 6) is 1.55. The molecule has 29 heavy (non-hydrogen) atoms. The summed E-state index contributed by atoms with van der Waals surface area (Å²) in [7, 11) is 3.51. The lowest BCUT2D eigenvalue weighted by Crippen LogP contribution is -2.46. The average molecular weight is 396 g/mol. The summed E-state index contributed by atoms with van der Waals surface area (Å²) in [6.07, 6.45) is 9.05. The Morgan fingerprint density at radius 2 is 2.00 bits per heavy atom. The molecule has 0 atom stereocenters. The number of aryl methyl sites for hydroxylation is 1. The van der Waals surface area contributed by atoms with Gasteiger partial charge in [0.25, 0.3) is 11.8 Å². The average Bonchev–Trinajstić information content (AvgIpc) is 3.42. The molecule has 0 bridgehead atoms. The van der Waals surface area contributed by atoms with Gasteiger partial charge in [-0.15, -0.1) is 0 Å². The molecule has 0 radical (unpaired) electrons. The van der Waals surface area contributed by atoms with E-state index < -0.39 is 0 Å². The van der Waals surface area contributed by atoms with Gasteiger partial charge in [0.05, 0.1) is 0 Å². The zero-order valence-corrected chi connectivity index (χ0v) is 16.6. The van der Waals surface area contributed by atoms with Gasteiger partial charge in [-0.05, 0) is 31.4 Å². The molecule has 0 saturated carbocycles. The van der Waals surface area contributed by atoms with Gasteiger partial charge in [0.1, 0.15) is 0 Å². The van der Waals surface area contributed by atoms with Crippen molar-refractivity contribution < 1.29 is 14.1 Å². The summed E-state index contributed by atoms with van der Waals surface area (Å²) in [5, 5.41) is 4.29. The van der Waals surface area contributed by atoms with E-state index in [2.05, 4.69) is 20.1 Å². The minimum atomic E-state index is -0.288. The number of ether oxygens (including phenoxy) is 1. The second-order valence-corrected chi connectivity index (χ2v) is 7.34. The number of amides is 1. The van der Waals surface area contributed by atoms with E-state index in [9.17, 15) is 4.79 Å². The molecule has 4 rings (SSSR count). The molecule has 9 heteroatoms. The van der Waals surface area contributed by atoms with Gasteiger partial charge in [-0.3, -0.25) is 9.78 Å². The van der Waals surface area contributed by atoms with Crippen molar-refractivity contribution in [2.75, 3.05) is 26.8 Å². The van der Waals surface area contributed by atoms with E-state index >= 15 is 0 Å². The quantitative estimate of drug-likeness (QED) is 0.629. The highest BCUT2D eigenvalue weighted by atomic mass is 16.5. The normalized spacial score (nSPS) is 16.1. The van der Waals surface area contributed by atoms with Gasteiger partial charge in [0.15, 0.2) is 11.6 Å². The fraction of sp³-hybridized carbons (Fsp3) is 0.450. The van der Waals surface area contributed by atoms with E-state index in [1.165, 1.54) is 0 Å². The zero-order valence-electron chi connectivity index (χ0n) is 16.6. The van der Waals surface area contributed by atoms with Gasteiger partial charge < -0.3 is 18.7 Å². The fourth-order valence-electron chi connectivity index (χ4n) is 3.78. The Kier molecular flexibility index (Phi) is 5.39. The first-order valence-corrected chi connectivity index (χ1v) is 9.63. The molecule has 3 aromatic rings. The Labute approximate surface area is 168 Å². The van der Waals surface area contributed by atoms with Crippen LogP contribution in [0.4, 0.5) is 0 Å². The Morgan fingerprint density at radius 1 is 1.24 bits per heavy atom. The van der Waals surface area contributed by atoms with E-state index in [4.69, 9.17) is 9.26 Å². The number of aromatic nitrogens is 5. The summed E-state index contributed by atoms with van der Waals surface area (Å²) >= 11 is 0. The predicted molar refractivity (Wildman–Crippen MR) is 104 cm³/mol. The maximum atomic E-state index is 12.8. The molecule has 4 heterocycles. The number of carbonyl (C=O) groups is 1. The Balaban J connectivity index is 1.54. The summed E-state index contributed by atoms with van der Waals surface area (Å²) in [5.41, 5.74) is 0.548. The van der Waals surface area contributed by atoms with Gasteiger partial charge in [-0.2, -0.15) is 4.98 Å². The predicted octanol–water partition coefficient (Wildman–Crippen LogP) is 2.08. The minimum absolute atomic E-state index is 0.0524. The van der Waals surface area contributed by atoms with E-state index in [-0.39, 0.29) is 11.3 Å². The first kappa shape index (κ1) is 19.3. The smallest absolute Gasteiger partial charge is 0.289 e. The van der Waals surface area contributed by atoms with Crippen LogP contribution in [0.5, 0.6) is 0 Å². The number of hydrogen-bond donors (Lipinski definition) is 0. The molecule has 1 aliphatic rings. The molecule has 9 nitrogen and oxygen atoms in total. The number of rotatable bonds is 6. The molecule has 1 aliphatic heterocycles. The van der Waals surface area contributed by atoms with E-state index in [0.29, 0.717) is 37.2 Å². The van der Waals surface area contributed by atoms with E-state index in [1.54, 1.807) is 36.5 Å². The summed E-state index contributed by atoms with van der Waals surface area (Å²) in [6.45, 7) is 1.80. The number of imidazole rings is 1. The highest BCUT2D eigenvalue weighted by Gasteiger charge is 2.41. The molecule has 0 N–H and O–H groups in total. The van der Waals surface area contributed by atoms with Crippen molar-refractivity contribution in [3.8, 4) is 11.5 Å². The van der Waals surface area contributed by atoms with Crippen LogP contribution < -0.4 is 0 Å². The van der Waals surface area contributed by atoms with Crippen molar-refractivity contribution in [2.45, 2.75) is 24.7 Å². The second-order valence-electron chi connectivity index (χ2n) is 7.34. The monoisotopic (exact) mass is 396 g/mol. The van der Waals surface area contributed by atoms with Crippen LogP contribution in [-0.4, -0.2) is 62.3 Å². The molecule has 1 fully saturated rings. The van der Waals surface area contributed by atoms with Crippen LogP contribution in [0.25, 0.3) is 11.5 Å². The summed E-state index contributed by atoms with van der Waals surface area (Å²) in [4.78, 5) is 27.5. The summed E-state index contributed by atoms with van der Waals surface area (Å²) in [6, 6.07) is 3.68. The SMILES string of the molecule is COCCC1(c2noc(-c3ccncc3)n2)CCN(C(=O)c2nccn2C)CC1. The molecule has 1 amide bonds. The number of carbonyl (C=O) groups excluding carboxylic acids is 1. The standard InChI is InChI=1S/C20H24N6O3/c1-25-13-10-22-16(25)18(27)26-11-5-20(6-12-26,7-14-28-2)19-23-17(29-24-19)15-3-8-21-9-4-15/h3-4,8-10,13H,5-7,11-12,14H2,1-2H3. The van der Waals surface area contributed by atoms with E-state index in [1.807, 2.05) is 24.1 Å². The third-order valence-electron chi connectivity index (χ3n) is 5.63. The lowest BCUT2D eigenvalue weighted by atomic mass is 9.75. The number of methoxy groups -OCH3 is 1. The third kappa shape index (κ3) is 3.77. The Bertz CT molecular complexity index is 960. The second kappa shape index (κ2) is 8.12. The highest BCUT2D eigenvalue weighted by Crippen LogP contribution is 2.38. The van der Waals surface area contributed by atoms with Crippen molar-refractivity contribution in [1.29, 1.82) is 0 Å². The van der Waals surface area contributed by atoms with Crippen molar-refractivity contribution in [1.82, 2.24) is 29.6 Å². The van der Waals surface area contributed by atoms with Gasteiger partial charge in [0, 0.05) is 69.6 Å². The molecule has 0 spiro atoms. The topological polar surface area (TPSA) is 99.2 Å². The summed E-state index contributed by atoms with van der Waals surface area (Å²) < 4.78 is 12.6. The largest absolute Gasteiger partial charge is 0.385 e. The van der Waals surface area contributed by atoms with Gasteiger partial charge in [-0.1, -0.05) is 5.16 Å². The lowest BCUT2D eigenvalue weighted by molar-refractivity contribution is 0.0601. The number of hydrogen-bond acceptors (Lipinski definition) is 7. The van der Waals surface area contributed by atoms with E-state index in [0.717, 1.165) is 24.8 Å². The molecular formula is C20H24N6O3. The van der Waals surface area contributed by atoms with Crippen LogP contribution in [0.1, 0.15) is 35.7 Å². The van der Waals surface area contributed by atoms with Gasteiger partial charge in [-0.25, -0.2) is 4.98 Å². The van der Waals surface area contributed by atoms with Crippen LogP contribution in [0, 0.1) is 0 Å². The molecule has 1 saturated heterocycles. The number of nitrogens with zero attached hydrogens (tertiary/aromatic N) is 6. The van der Waals surface area contributed by atoms with Crippen molar-refractivity contribution in [2.24, 2.45) is 7.05 Å². The maximum absolute atomic E-state index is 12.8. The van der Waals surface area contributed by atoms with Crippen LogP contribution in [0.3, 0.4) is 0 Å². The first-order chi connectivity index (χ1) is 14.1. The van der Waals surface area contributed by atoms with Crippen LogP contribution >= 0.6 is 0 Å². The fourth-order valence-corrected chi connectivity index (χ4v) is 3.78. The number of pyridine rings is 1. The molecule has 0 unspecified atom stereocenters. The van der Waals surface area contributed by atoms with Gasteiger partial charge in [0.2, 0.25) is 0 Å². The van der Waals surface area contributed by atoms with Crippen LogP contribution in [0.15, 0.2) is 41.4 Å². The highest BCUT2D eigenvalue weighted by molar-refractivity contribution is 5.90. The third-order valence-corrected chi connectivity index (χ3v) is 5.63. The van der Waals surface area contributed by atoms with Crippen molar-refractivity contribution in [3.05, 3.63) is 48.6 Å². The van der Waals surface area contributed by atoms with Crippen LogP contribution in [-0.2, 0) is 17.2 Å².